The van der Waals surface area contributed by atoms with E-state index in [2.05, 4.69) is 25.5 Å². The Morgan fingerprint density at radius 3 is 2.33 bits per heavy atom. The molecule has 5 nitrogen and oxygen atoms in total. The van der Waals surface area contributed by atoms with Crippen molar-refractivity contribution in [3.8, 4) is 0 Å². The number of hydrogen-bond acceptors (Lipinski definition) is 4. The lowest BCUT2D eigenvalue weighted by atomic mass is 10.3. The van der Waals surface area contributed by atoms with Crippen molar-refractivity contribution in [2.45, 2.75) is 27.7 Å². The fourth-order valence-electron chi connectivity index (χ4n) is 1.82. The number of nitrogens with one attached hydrogen (secondary N) is 2. The van der Waals surface area contributed by atoms with Gasteiger partial charge in [-0.25, -0.2) is 15.4 Å². The number of H-pyrrole nitrogens is 1. The highest BCUT2D eigenvalue weighted by Gasteiger charge is 1.99. The molecule has 2 heterocycles. The zero-order valence-electron chi connectivity index (χ0n) is 11.1. The number of nitrogens with zero attached hydrogens (tertiary/aromatic N) is 3. The van der Waals surface area contributed by atoms with Crippen LogP contribution in [0.3, 0.4) is 0 Å². The van der Waals surface area contributed by atoms with Crippen LogP contribution in [-0.2, 0) is 0 Å². The van der Waals surface area contributed by atoms with Crippen molar-refractivity contribution < 1.29 is 0 Å². The molecule has 0 radical (unpaired) electrons. The normalized spacial score (nSPS) is 11.1. The Labute approximate surface area is 106 Å². The van der Waals surface area contributed by atoms with E-state index in [4.69, 9.17) is 0 Å². The fraction of sp³-hybridized carbons (Fsp3) is 0.308. The van der Waals surface area contributed by atoms with Crippen LogP contribution in [0.4, 0.5) is 5.95 Å². The van der Waals surface area contributed by atoms with Gasteiger partial charge in [0.25, 0.3) is 0 Å². The molecule has 0 unspecified atom stereocenters. The van der Waals surface area contributed by atoms with E-state index in [1.165, 1.54) is 0 Å². The molecule has 2 aromatic rings. The van der Waals surface area contributed by atoms with Gasteiger partial charge in [-0.05, 0) is 39.8 Å². The van der Waals surface area contributed by atoms with Gasteiger partial charge >= 0.3 is 0 Å². The second-order valence-corrected chi connectivity index (χ2v) is 4.38. The Kier molecular flexibility index (Phi) is 3.41. The van der Waals surface area contributed by atoms with Crippen LogP contribution in [0.5, 0.6) is 0 Å². The third-order valence-corrected chi connectivity index (χ3v) is 2.54. The molecule has 2 aromatic heterocycles. The predicted molar refractivity (Wildman–Crippen MR) is 73.0 cm³/mol. The van der Waals surface area contributed by atoms with Crippen molar-refractivity contribution >= 4 is 12.2 Å². The average Bonchev–Trinajstić information content (AvgIpc) is 2.56. The first-order valence-corrected chi connectivity index (χ1v) is 5.82. The number of aryl methyl sites for hydroxylation is 4. The molecular weight excluding hydrogens is 226 g/mol. The van der Waals surface area contributed by atoms with E-state index in [1.54, 1.807) is 6.21 Å². The van der Waals surface area contributed by atoms with Gasteiger partial charge in [-0.3, -0.25) is 0 Å². The Hall–Kier alpha value is -2.17. The SMILES string of the molecule is Cc1cc(C)nc(N/N=C/c2cc(C)[nH]c2C)n1. The largest absolute Gasteiger partial charge is 0.362 e. The highest BCUT2D eigenvalue weighted by molar-refractivity contribution is 5.81. The van der Waals surface area contributed by atoms with Gasteiger partial charge < -0.3 is 4.98 Å². The number of aromatic nitrogens is 3. The molecule has 94 valence electrons. The summed E-state index contributed by atoms with van der Waals surface area (Å²) in [5, 5.41) is 4.15. The molecule has 0 aromatic carbocycles. The topological polar surface area (TPSA) is 66.0 Å². The monoisotopic (exact) mass is 243 g/mol. The molecule has 0 amide bonds. The van der Waals surface area contributed by atoms with Crippen molar-refractivity contribution in [1.82, 2.24) is 15.0 Å². The highest BCUT2D eigenvalue weighted by atomic mass is 15.3. The molecule has 2 N–H and O–H groups in total. The van der Waals surface area contributed by atoms with E-state index in [1.807, 2.05) is 39.8 Å². The average molecular weight is 243 g/mol. The van der Waals surface area contributed by atoms with Gasteiger partial charge in [-0.15, -0.1) is 0 Å². The minimum absolute atomic E-state index is 0.522. The molecule has 0 saturated carbocycles. The third kappa shape index (κ3) is 2.94. The molecule has 0 atom stereocenters. The minimum atomic E-state index is 0.522. The lowest BCUT2D eigenvalue weighted by molar-refractivity contribution is 1.04. The zero-order chi connectivity index (χ0) is 13.1. The molecular formula is C13H17N5. The van der Waals surface area contributed by atoms with Crippen LogP contribution < -0.4 is 5.43 Å². The van der Waals surface area contributed by atoms with Gasteiger partial charge in [-0.1, -0.05) is 0 Å². The van der Waals surface area contributed by atoms with Crippen LogP contribution in [0.15, 0.2) is 17.2 Å². The summed E-state index contributed by atoms with van der Waals surface area (Å²) in [6.45, 7) is 7.90. The Morgan fingerprint density at radius 2 is 1.78 bits per heavy atom. The van der Waals surface area contributed by atoms with Crippen molar-refractivity contribution in [2.75, 3.05) is 5.43 Å². The van der Waals surface area contributed by atoms with E-state index in [-0.39, 0.29) is 0 Å². The Balaban J connectivity index is 2.09. The van der Waals surface area contributed by atoms with Crippen LogP contribution in [0, 0.1) is 27.7 Å². The van der Waals surface area contributed by atoms with Crippen molar-refractivity contribution in [2.24, 2.45) is 5.10 Å². The van der Waals surface area contributed by atoms with E-state index in [0.29, 0.717) is 5.95 Å². The molecule has 0 spiro atoms. The summed E-state index contributed by atoms with van der Waals surface area (Å²) < 4.78 is 0. The van der Waals surface area contributed by atoms with E-state index in [0.717, 1.165) is 28.3 Å². The van der Waals surface area contributed by atoms with Crippen molar-refractivity contribution in [3.05, 3.63) is 40.5 Å². The zero-order valence-corrected chi connectivity index (χ0v) is 11.1. The second-order valence-electron chi connectivity index (χ2n) is 4.38. The van der Waals surface area contributed by atoms with Gasteiger partial charge in [-0.2, -0.15) is 5.10 Å². The van der Waals surface area contributed by atoms with Gasteiger partial charge in [0, 0.05) is 28.3 Å². The molecule has 0 aliphatic heterocycles. The summed E-state index contributed by atoms with van der Waals surface area (Å²) in [4.78, 5) is 11.7. The van der Waals surface area contributed by atoms with Crippen LogP contribution in [-0.4, -0.2) is 21.2 Å². The summed E-state index contributed by atoms with van der Waals surface area (Å²) >= 11 is 0. The molecule has 0 aliphatic rings. The van der Waals surface area contributed by atoms with Gasteiger partial charge in [0.05, 0.1) is 6.21 Å². The van der Waals surface area contributed by atoms with Gasteiger partial charge in [0.2, 0.25) is 5.95 Å². The van der Waals surface area contributed by atoms with Crippen LogP contribution in [0.2, 0.25) is 0 Å². The number of anilines is 1. The van der Waals surface area contributed by atoms with Gasteiger partial charge in [0.15, 0.2) is 0 Å². The summed E-state index contributed by atoms with van der Waals surface area (Å²) in [6, 6.07) is 3.97. The molecule has 5 heteroatoms. The summed E-state index contributed by atoms with van der Waals surface area (Å²) in [5.74, 6) is 0.522. The van der Waals surface area contributed by atoms with Crippen molar-refractivity contribution in [1.29, 1.82) is 0 Å². The maximum Gasteiger partial charge on any atom is 0.243 e. The predicted octanol–water partition coefficient (Wildman–Crippen LogP) is 2.48. The van der Waals surface area contributed by atoms with Crippen LogP contribution in [0.1, 0.15) is 28.3 Å². The summed E-state index contributed by atoms with van der Waals surface area (Å²) in [6.07, 6.45) is 1.76. The summed E-state index contributed by atoms with van der Waals surface area (Å²) in [5.41, 5.74) is 7.97. The highest BCUT2D eigenvalue weighted by Crippen LogP contribution is 2.07. The maximum atomic E-state index is 4.25. The molecule has 18 heavy (non-hydrogen) atoms. The van der Waals surface area contributed by atoms with Gasteiger partial charge in [0.1, 0.15) is 0 Å². The maximum absolute atomic E-state index is 4.25. The van der Waals surface area contributed by atoms with Crippen LogP contribution in [0.25, 0.3) is 0 Å². The Morgan fingerprint density at radius 1 is 1.11 bits per heavy atom. The van der Waals surface area contributed by atoms with Crippen LogP contribution >= 0.6 is 0 Å². The molecule has 0 fully saturated rings. The first-order valence-electron chi connectivity index (χ1n) is 5.82. The number of aromatic amines is 1. The van der Waals surface area contributed by atoms with E-state index < -0.39 is 0 Å². The number of hydrazone groups is 1. The summed E-state index contributed by atoms with van der Waals surface area (Å²) in [7, 11) is 0. The molecule has 0 bridgehead atoms. The molecule has 2 rings (SSSR count). The van der Waals surface area contributed by atoms with Crippen molar-refractivity contribution in [3.63, 3.8) is 0 Å². The molecule has 0 aliphatic carbocycles. The number of hydrogen-bond donors (Lipinski definition) is 2. The second kappa shape index (κ2) is 5.00. The number of rotatable bonds is 3. The van der Waals surface area contributed by atoms with E-state index in [9.17, 15) is 0 Å². The lowest BCUT2D eigenvalue weighted by Gasteiger charge is -2.01. The fourth-order valence-corrected chi connectivity index (χ4v) is 1.82. The Bertz CT molecular complexity index is 563. The minimum Gasteiger partial charge on any atom is -0.362 e. The third-order valence-electron chi connectivity index (χ3n) is 2.54. The first kappa shape index (κ1) is 12.3. The standard InChI is InChI=1S/C13H17N5/c1-8-5-9(2)17-13(16-8)18-14-7-12-6-10(3)15-11(12)4/h5-7,15H,1-4H3,(H,16,17,18)/b14-7+. The molecule has 0 saturated heterocycles. The lowest BCUT2D eigenvalue weighted by Crippen LogP contribution is -1.99. The first-order chi connectivity index (χ1) is 8.54. The van der Waals surface area contributed by atoms with E-state index >= 15 is 0 Å². The smallest absolute Gasteiger partial charge is 0.243 e. The quantitative estimate of drug-likeness (QED) is 0.643.